The molecule has 0 saturated carbocycles. The van der Waals surface area contributed by atoms with Crippen molar-refractivity contribution >= 4 is 51.0 Å². The minimum Gasteiger partial charge on any atom is -0.507 e. The van der Waals surface area contributed by atoms with E-state index in [0.717, 1.165) is 22.6 Å². The Balaban J connectivity index is 1.47. The zero-order valence-electron chi connectivity index (χ0n) is 21.5. The number of rotatable bonds is 4. The van der Waals surface area contributed by atoms with Crippen molar-refractivity contribution in [2.24, 2.45) is 17.8 Å². The number of imide groups is 1. The Bertz CT molecular complexity index is 1700. The lowest BCUT2D eigenvalue weighted by atomic mass is 9.59. The number of anilines is 1. The molecule has 6 rings (SSSR count). The number of aromatic carboxylic acids is 1. The zero-order valence-corrected chi connectivity index (χ0v) is 23.0. The molecule has 4 unspecified atom stereocenters. The van der Waals surface area contributed by atoms with Crippen molar-refractivity contribution in [2.45, 2.75) is 18.8 Å². The van der Waals surface area contributed by atoms with E-state index in [0.29, 0.717) is 5.56 Å². The topological polar surface area (TPSA) is 159 Å². The molecule has 1 fully saturated rings. The van der Waals surface area contributed by atoms with E-state index in [1.807, 2.05) is 6.08 Å². The number of methoxy groups -OCH3 is 1. The van der Waals surface area contributed by atoms with Gasteiger partial charge in [0.05, 0.1) is 29.1 Å². The van der Waals surface area contributed by atoms with Gasteiger partial charge in [-0.3, -0.25) is 19.2 Å². The standard InChI is InChI=1S/C30H22BrNO9/c1-41-23-8-12(2-7-20(23)33)24-14-5-6-16-25(17(14)10-18-26(24)22(35)11-19(31)27(18)36)29(38)32(28(16)37)13-3-4-15(30(39)40)21(34)9-13/h2-5,7-9,11,16-17,24-25,33-34H,6,10H2,1H3,(H,39,40). The van der Waals surface area contributed by atoms with Gasteiger partial charge in [0.15, 0.2) is 23.1 Å². The van der Waals surface area contributed by atoms with Crippen LogP contribution in [0.5, 0.6) is 17.2 Å². The Kier molecular flexibility index (Phi) is 6.22. The Labute approximate surface area is 241 Å². The Morgan fingerprint density at radius 2 is 1.76 bits per heavy atom. The van der Waals surface area contributed by atoms with Crippen LogP contribution in [0.1, 0.15) is 34.7 Å². The third-order valence-electron chi connectivity index (χ3n) is 8.34. The van der Waals surface area contributed by atoms with Crippen LogP contribution in [0.4, 0.5) is 5.69 Å². The number of amides is 2. The van der Waals surface area contributed by atoms with Gasteiger partial charge >= 0.3 is 5.97 Å². The van der Waals surface area contributed by atoms with Gasteiger partial charge in [0.25, 0.3) is 0 Å². The van der Waals surface area contributed by atoms with Crippen molar-refractivity contribution in [3.63, 3.8) is 0 Å². The number of carboxylic acid groups (broad SMARTS) is 1. The van der Waals surface area contributed by atoms with Crippen molar-refractivity contribution in [3.8, 4) is 17.2 Å². The largest absolute Gasteiger partial charge is 0.507 e. The van der Waals surface area contributed by atoms with Gasteiger partial charge in [-0.25, -0.2) is 9.69 Å². The molecule has 10 nitrogen and oxygen atoms in total. The third kappa shape index (κ3) is 3.94. The summed E-state index contributed by atoms with van der Waals surface area (Å²) in [6.45, 7) is 0. The molecule has 2 aromatic rings. The molecular formula is C30H22BrNO9. The minimum atomic E-state index is -1.36. The van der Waals surface area contributed by atoms with Crippen LogP contribution < -0.4 is 9.64 Å². The Hall–Kier alpha value is -4.51. The van der Waals surface area contributed by atoms with E-state index in [1.54, 1.807) is 12.1 Å². The number of fused-ring (bicyclic) bond motifs is 3. The molecule has 1 aliphatic heterocycles. The Morgan fingerprint density at radius 3 is 2.44 bits per heavy atom. The van der Waals surface area contributed by atoms with Crippen molar-refractivity contribution in [1.29, 1.82) is 0 Å². The summed E-state index contributed by atoms with van der Waals surface area (Å²) in [7, 11) is 1.39. The molecule has 4 aliphatic rings. The predicted molar refractivity (Wildman–Crippen MR) is 147 cm³/mol. The lowest BCUT2D eigenvalue weighted by molar-refractivity contribution is -0.123. The van der Waals surface area contributed by atoms with E-state index < -0.39 is 47.2 Å². The number of nitrogens with zero attached hydrogens (tertiary/aromatic N) is 1. The van der Waals surface area contributed by atoms with Crippen LogP contribution in [0.2, 0.25) is 0 Å². The van der Waals surface area contributed by atoms with Crippen LogP contribution in [0.25, 0.3) is 0 Å². The second-order valence-corrected chi connectivity index (χ2v) is 11.2. The number of ether oxygens (including phenoxy) is 1. The van der Waals surface area contributed by atoms with Gasteiger partial charge < -0.3 is 20.1 Å². The molecule has 3 N–H and O–H groups in total. The average Bonchev–Trinajstić information content (AvgIpc) is 3.20. The first kappa shape index (κ1) is 26.7. The highest BCUT2D eigenvalue weighted by atomic mass is 79.9. The number of hydrogen-bond donors (Lipinski definition) is 3. The number of allylic oxidation sites excluding steroid dienone is 6. The van der Waals surface area contributed by atoms with Gasteiger partial charge in [0, 0.05) is 29.2 Å². The fourth-order valence-corrected chi connectivity index (χ4v) is 7.00. The number of halogens is 1. The van der Waals surface area contributed by atoms with Gasteiger partial charge in [0.1, 0.15) is 11.3 Å². The van der Waals surface area contributed by atoms with Crippen molar-refractivity contribution < 1.29 is 44.0 Å². The van der Waals surface area contributed by atoms with Gasteiger partial charge in [-0.2, -0.15) is 0 Å². The van der Waals surface area contributed by atoms with Crippen LogP contribution in [0, 0.1) is 17.8 Å². The molecule has 2 amide bonds. The molecular weight excluding hydrogens is 598 g/mol. The summed E-state index contributed by atoms with van der Waals surface area (Å²) in [5, 5.41) is 29.7. The monoisotopic (exact) mass is 619 g/mol. The van der Waals surface area contributed by atoms with E-state index >= 15 is 0 Å². The fraction of sp³-hybridized carbons (Fsp3) is 0.233. The summed E-state index contributed by atoms with van der Waals surface area (Å²) in [6, 6.07) is 8.15. The summed E-state index contributed by atoms with van der Waals surface area (Å²) in [5.41, 5.74) is 1.52. The van der Waals surface area contributed by atoms with Crippen LogP contribution in [-0.4, -0.2) is 51.8 Å². The van der Waals surface area contributed by atoms with E-state index in [4.69, 9.17) is 4.74 Å². The number of carboxylic acids is 1. The van der Waals surface area contributed by atoms with E-state index in [1.165, 1.54) is 25.3 Å². The molecule has 4 atom stereocenters. The van der Waals surface area contributed by atoms with E-state index in [-0.39, 0.29) is 62.8 Å². The molecule has 0 bridgehead atoms. The maximum absolute atomic E-state index is 13.9. The molecule has 0 aromatic heterocycles. The maximum Gasteiger partial charge on any atom is 0.339 e. The number of phenolic OH excluding ortho intramolecular Hbond substituents is 1. The number of benzene rings is 2. The molecule has 11 heteroatoms. The molecule has 41 heavy (non-hydrogen) atoms. The number of aromatic hydroxyl groups is 2. The highest BCUT2D eigenvalue weighted by Crippen LogP contribution is 2.56. The second kappa shape index (κ2) is 9.55. The quantitative estimate of drug-likeness (QED) is 0.263. The van der Waals surface area contributed by atoms with Gasteiger partial charge in [-0.1, -0.05) is 17.7 Å². The maximum atomic E-state index is 13.9. The third-order valence-corrected chi connectivity index (χ3v) is 8.93. The number of carbonyl (C=O) groups is 5. The summed E-state index contributed by atoms with van der Waals surface area (Å²) >= 11 is 3.19. The van der Waals surface area contributed by atoms with Crippen LogP contribution >= 0.6 is 15.9 Å². The smallest absolute Gasteiger partial charge is 0.339 e. The molecule has 208 valence electrons. The summed E-state index contributed by atoms with van der Waals surface area (Å²) in [4.78, 5) is 66.5. The second-order valence-electron chi connectivity index (χ2n) is 10.3. The number of ketones is 2. The lowest BCUT2D eigenvalue weighted by Gasteiger charge is -2.42. The predicted octanol–water partition coefficient (Wildman–Crippen LogP) is 3.77. The van der Waals surface area contributed by atoms with Crippen molar-refractivity contribution in [3.05, 3.63) is 80.9 Å². The molecule has 2 aromatic carbocycles. The van der Waals surface area contributed by atoms with Crippen LogP contribution in [0.15, 0.2) is 69.8 Å². The van der Waals surface area contributed by atoms with E-state index in [9.17, 15) is 39.3 Å². The highest BCUT2D eigenvalue weighted by Gasteiger charge is 2.56. The molecule has 1 heterocycles. The molecule has 3 aliphatic carbocycles. The molecule has 1 saturated heterocycles. The SMILES string of the molecule is COc1cc(C2C3=CCC4C(=O)N(c5ccc(C(=O)O)c(O)c5)C(=O)C4C3CC3=C2C(=O)C=C(Br)C3=O)ccc1O. The van der Waals surface area contributed by atoms with Gasteiger partial charge in [-0.15, -0.1) is 0 Å². The number of carbonyl (C=O) groups excluding carboxylic acids is 4. The first-order valence-corrected chi connectivity index (χ1v) is 13.5. The van der Waals surface area contributed by atoms with Crippen LogP contribution in [-0.2, 0) is 19.2 Å². The van der Waals surface area contributed by atoms with Gasteiger partial charge in [0.2, 0.25) is 11.8 Å². The highest BCUT2D eigenvalue weighted by molar-refractivity contribution is 9.12. The first-order valence-electron chi connectivity index (χ1n) is 12.7. The summed E-state index contributed by atoms with van der Waals surface area (Å²) < 4.78 is 5.39. The number of hydrogen-bond acceptors (Lipinski definition) is 8. The lowest BCUT2D eigenvalue weighted by Crippen LogP contribution is -2.39. The van der Waals surface area contributed by atoms with E-state index in [2.05, 4.69) is 15.9 Å². The van der Waals surface area contributed by atoms with Gasteiger partial charge in [-0.05, 0) is 64.5 Å². The first-order chi connectivity index (χ1) is 19.5. The number of Topliss-reactive ketones (excluding diaryl/α,β-unsaturated/α-hetero) is 1. The normalized spacial score (nSPS) is 25.4. The van der Waals surface area contributed by atoms with Crippen LogP contribution in [0.3, 0.4) is 0 Å². The van der Waals surface area contributed by atoms with Crippen molar-refractivity contribution in [1.82, 2.24) is 0 Å². The van der Waals surface area contributed by atoms with Crippen molar-refractivity contribution in [2.75, 3.05) is 12.0 Å². The minimum absolute atomic E-state index is 0.0450. The fourth-order valence-electron chi connectivity index (χ4n) is 6.55. The zero-order chi connectivity index (χ0) is 29.3. The molecule has 0 spiro atoms. The summed E-state index contributed by atoms with van der Waals surface area (Å²) in [6.07, 6.45) is 3.35. The average molecular weight is 620 g/mol. The Morgan fingerprint density at radius 1 is 1.00 bits per heavy atom. The summed E-state index contributed by atoms with van der Waals surface area (Å²) in [5.74, 6) is -6.54. The number of phenols is 2. The molecule has 0 radical (unpaired) electrons.